The summed E-state index contributed by atoms with van der Waals surface area (Å²) in [4.78, 5) is 0. The van der Waals surface area contributed by atoms with Crippen LogP contribution in [0, 0.1) is 0 Å². The van der Waals surface area contributed by atoms with Crippen molar-refractivity contribution < 1.29 is 10.2 Å². The van der Waals surface area contributed by atoms with Gasteiger partial charge < -0.3 is 15.5 Å². The van der Waals surface area contributed by atoms with Crippen molar-refractivity contribution in [3.63, 3.8) is 0 Å². The predicted octanol–water partition coefficient (Wildman–Crippen LogP) is 11.0. The fourth-order valence-corrected chi connectivity index (χ4v) is 5.62. The molecule has 3 heteroatoms. The molecule has 0 fully saturated rings. The molecule has 7 aromatic rings. The lowest BCUT2D eigenvalue weighted by molar-refractivity contribution is 0.475. The van der Waals surface area contributed by atoms with Crippen molar-refractivity contribution in [2.24, 2.45) is 0 Å². The lowest BCUT2D eigenvalue weighted by atomic mass is 9.85. The van der Waals surface area contributed by atoms with E-state index < -0.39 is 0 Å². The molecule has 224 valence electrons. The van der Waals surface area contributed by atoms with Gasteiger partial charge in [-0.1, -0.05) is 152 Å². The van der Waals surface area contributed by atoms with E-state index in [0.717, 1.165) is 22.5 Å². The Morgan fingerprint density at radius 1 is 0.326 bits per heavy atom. The zero-order valence-corrected chi connectivity index (χ0v) is 25.4. The minimum absolute atomic E-state index is 0.0763. The van der Waals surface area contributed by atoms with Crippen LogP contribution in [0.15, 0.2) is 188 Å². The molecule has 0 amide bonds. The second kappa shape index (κ2) is 14.6. The summed E-state index contributed by atoms with van der Waals surface area (Å²) in [6, 6.07) is 62.5. The molecular formula is C43H35NO2. The molecule has 7 rings (SSSR count). The molecule has 0 saturated heterocycles. The van der Waals surface area contributed by atoms with Crippen LogP contribution in [0.25, 0.3) is 22.3 Å². The fourth-order valence-electron chi connectivity index (χ4n) is 5.62. The van der Waals surface area contributed by atoms with Gasteiger partial charge in [0.05, 0.1) is 0 Å². The van der Waals surface area contributed by atoms with Crippen LogP contribution in [0.5, 0.6) is 11.5 Å². The van der Waals surface area contributed by atoms with E-state index in [1.807, 2.05) is 54.6 Å². The largest absolute Gasteiger partial charge is 0.508 e. The molecule has 0 aliphatic heterocycles. The van der Waals surface area contributed by atoms with Crippen LogP contribution in [0.4, 0.5) is 11.4 Å². The monoisotopic (exact) mass is 597 g/mol. The quantitative estimate of drug-likeness (QED) is 0.160. The van der Waals surface area contributed by atoms with Gasteiger partial charge in [-0.3, -0.25) is 0 Å². The van der Waals surface area contributed by atoms with E-state index in [1.54, 1.807) is 24.3 Å². The molecule has 0 aliphatic carbocycles. The molecule has 3 nitrogen and oxygen atoms in total. The Kier molecular flexibility index (Phi) is 9.52. The molecule has 0 saturated carbocycles. The molecule has 7 aromatic carbocycles. The summed E-state index contributed by atoms with van der Waals surface area (Å²) >= 11 is 0. The molecule has 3 N–H and O–H groups in total. The van der Waals surface area contributed by atoms with Crippen LogP contribution in [-0.2, 0) is 0 Å². The SMILES string of the molecule is Oc1ccc(C(c2ccccc2)c2ccc(O)cc2)cc1.c1ccc(-c2ccccc2Nc2ccccc2-c2ccccc2)cc1. The van der Waals surface area contributed by atoms with E-state index in [2.05, 4.69) is 115 Å². The summed E-state index contributed by atoms with van der Waals surface area (Å²) in [6.07, 6.45) is 0. The zero-order chi connectivity index (χ0) is 31.6. The van der Waals surface area contributed by atoms with E-state index in [1.165, 1.54) is 27.8 Å². The van der Waals surface area contributed by atoms with Crippen LogP contribution in [0.3, 0.4) is 0 Å². The van der Waals surface area contributed by atoms with Crippen LogP contribution >= 0.6 is 0 Å². The van der Waals surface area contributed by atoms with Crippen molar-refractivity contribution in [1.82, 2.24) is 0 Å². The molecule has 0 radical (unpaired) electrons. The third-order valence-corrected chi connectivity index (χ3v) is 7.88. The Bertz CT molecular complexity index is 1830. The van der Waals surface area contributed by atoms with Gasteiger partial charge in [-0.25, -0.2) is 0 Å². The maximum Gasteiger partial charge on any atom is 0.115 e. The average Bonchev–Trinajstić information content (AvgIpc) is 3.12. The van der Waals surface area contributed by atoms with Gasteiger partial charge in [0, 0.05) is 28.4 Å². The van der Waals surface area contributed by atoms with Crippen LogP contribution < -0.4 is 5.32 Å². The first-order valence-corrected chi connectivity index (χ1v) is 15.3. The molecule has 0 spiro atoms. The number of hydrogen-bond donors (Lipinski definition) is 3. The van der Waals surface area contributed by atoms with E-state index in [4.69, 9.17) is 0 Å². The van der Waals surface area contributed by atoms with Gasteiger partial charge in [-0.05, 0) is 64.2 Å². The predicted molar refractivity (Wildman–Crippen MR) is 191 cm³/mol. The highest BCUT2D eigenvalue weighted by atomic mass is 16.3. The third kappa shape index (κ3) is 7.35. The maximum atomic E-state index is 9.48. The Balaban J connectivity index is 0.000000164. The first kappa shape index (κ1) is 30.0. The number of para-hydroxylation sites is 2. The third-order valence-electron chi connectivity index (χ3n) is 7.88. The minimum Gasteiger partial charge on any atom is -0.508 e. The van der Waals surface area contributed by atoms with Crippen LogP contribution in [-0.4, -0.2) is 10.2 Å². The molecule has 0 bridgehead atoms. The molecule has 0 unspecified atom stereocenters. The maximum absolute atomic E-state index is 9.48. The zero-order valence-electron chi connectivity index (χ0n) is 25.4. The first-order chi connectivity index (χ1) is 22.7. The highest BCUT2D eigenvalue weighted by Crippen LogP contribution is 2.35. The van der Waals surface area contributed by atoms with Gasteiger partial charge in [0.2, 0.25) is 0 Å². The Hall–Kier alpha value is -6.06. The number of hydrogen-bond acceptors (Lipinski definition) is 3. The number of nitrogens with one attached hydrogen (secondary N) is 1. The molecule has 0 heterocycles. The lowest BCUT2D eigenvalue weighted by Crippen LogP contribution is -2.02. The lowest BCUT2D eigenvalue weighted by Gasteiger charge is -2.19. The molecule has 0 aliphatic rings. The smallest absolute Gasteiger partial charge is 0.115 e. The van der Waals surface area contributed by atoms with Crippen molar-refractivity contribution in [1.29, 1.82) is 0 Å². The summed E-state index contributed by atoms with van der Waals surface area (Å²) in [5.41, 5.74) is 10.4. The summed E-state index contributed by atoms with van der Waals surface area (Å²) in [7, 11) is 0. The number of benzene rings is 7. The van der Waals surface area contributed by atoms with Crippen molar-refractivity contribution in [2.45, 2.75) is 5.92 Å². The first-order valence-electron chi connectivity index (χ1n) is 15.3. The van der Waals surface area contributed by atoms with Gasteiger partial charge >= 0.3 is 0 Å². The number of phenolic OH excluding ortho intramolecular Hbond substituents is 2. The normalized spacial score (nSPS) is 10.5. The van der Waals surface area contributed by atoms with E-state index in [9.17, 15) is 10.2 Å². The van der Waals surface area contributed by atoms with E-state index in [-0.39, 0.29) is 17.4 Å². The van der Waals surface area contributed by atoms with Gasteiger partial charge in [0.25, 0.3) is 0 Å². The van der Waals surface area contributed by atoms with Crippen LogP contribution in [0.2, 0.25) is 0 Å². The summed E-state index contributed by atoms with van der Waals surface area (Å²) < 4.78 is 0. The van der Waals surface area contributed by atoms with Crippen molar-refractivity contribution in [3.8, 4) is 33.8 Å². The van der Waals surface area contributed by atoms with Gasteiger partial charge in [-0.2, -0.15) is 0 Å². The number of phenols is 2. The van der Waals surface area contributed by atoms with Crippen molar-refractivity contribution in [2.75, 3.05) is 5.32 Å². The van der Waals surface area contributed by atoms with Gasteiger partial charge in [0.1, 0.15) is 11.5 Å². The number of rotatable bonds is 7. The minimum atomic E-state index is 0.0763. The molecule has 0 atom stereocenters. The molecule has 0 aromatic heterocycles. The number of aromatic hydroxyl groups is 2. The highest BCUT2D eigenvalue weighted by molar-refractivity contribution is 5.86. The fraction of sp³-hybridized carbons (Fsp3) is 0.0233. The Labute approximate surface area is 270 Å². The van der Waals surface area contributed by atoms with Crippen molar-refractivity contribution in [3.05, 3.63) is 205 Å². The summed E-state index contributed by atoms with van der Waals surface area (Å²) in [5, 5.41) is 22.6. The van der Waals surface area contributed by atoms with Gasteiger partial charge in [0.15, 0.2) is 0 Å². The highest BCUT2D eigenvalue weighted by Gasteiger charge is 2.16. The van der Waals surface area contributed by atoms with E-state index in [0.29, 0.717) is 0 Å². The molecular weight excluding hydrogens is 562 g/mol. The van der Waals surface area contributed by atoms with E-state index >= 15 is 0 Å². The summed E-state index contributed by atoms with van der Waals surface area (Å²) in [5.74, 6) is 0.597. The standard InChI is InChI=1S/C24H19N.C19H16O2/c1-3-11-19(12-4-1)21-15-7-9-17-23(21)25-24-18-10-8-16-22(24)20-13-5-2-6-14-20;20-17-10-6-15(7-11-17)19(14-4-2-1-3-5-14)16-8-12-18(21)13-9-16/h1-18,25H;1-13,19-21H. The Morgan fingerprint density at radius 3 is 1.07 bits per heavy atom. The van der Waals surface area contributed by atoms with Gasteiger partial charge in [-0.15, -0.1) is 0 Å². The van der Waals surface area contributed by atoms with Crippen molar-refractivity contribution >= 4 is 11.4 Å². The number of anilines is 2. The topological polar surface area (TPSA) is 52.5 Å². The Morgan fingerprint density at radius 2 is 0.652 bits per heavy atom. The summed E-state index contributed by atoms with van der Waals surface area (Å²) in [6.45, 7) is 0. The second-order valence-electron chi connectivity index (χ2n) is 11.0. The second-order valence-corrected chi connectivity index (χ2v) is 11.0. The van der Waals surface area contributed by atoms with Crippen LogP contribution in [0.1, 0.15) is 22.6 Å². The molecule has 46 heavy (non-hydrogen) atoms. The average molecular weight is 598 g/mol.